The topological polar surface area (TPSA) is 44.9 Å². The van der Waals surface area contributed by atoms with Crippen molar-refractivity contribution in [3.8, 4) is 6.07 Å². The number of nitriles is 1. The minimum Gasteiger partial charge on any atom is -0.305 e. The molecular formula is C14H12N4. The lowest BCUT2D eigenvalue weighted by molar-refractivity contribution is 0.947. The summed E-state index contributed by atoms with van der Waals surface area (Å²) in [4.78, 5) is 6.37. The monoisotopic (exact) mass is 236 g/mol. The first-order valence-corrected chi connectivity index (χ1v) is 5.67. The molecule has 2 heterocycles. The number of benzene rings is 1. The van der Waals surface area contributed by atoms with Gasteiger partial charge in [0.2, 0.25) is 5.95 Å². The SMILES string of the molecule is C=C1C(C)=C(C#N)N(C)c2nc3ccccc3n21. The lowest BCUT2D eigenvalue weighted by atomic mass is 10.1. The van der Waals surface area contributed by atoms with Gasteiger partial charge in [-0.2, -0.15) is 5.26 Å². The van der Waals surface area contributed by atoms with E-state index in [1.807, 2.05) is 47.7 Å². The predicted octanol–water partition coefficient (Wildman–Crippen LogP) is 2.75. The Morgan fingerprint density at radius 3 is 2.78 bits per heavy atom. The zero-order valence-electron chi connectivity index (χ0n) is 10.3. The highest BCUT2D eigenvalue weighted by Crippen LogP contribution is 2.35. The Morgan fingerprint density at radius 1 is 1.33 bits per heavy atom. The summed E-state index contributed by atoms with van der Waals surface area (Å²) in [6.45, 7) is 5.99. The van der Waals surface area contributed by atoms with Crippen molar-refractivity contribution in [1.29, 1.82) is 5.26 Å². The van der Waals surface area contributed by atoms with Gasteiger partial charge < -0.3 is 4.90 Å². The number of anilines is 1. The summed E-state index contributed by atoms with van der Waals surface area (Å²) in [5.41, 5.74) is 4.22. The third kappa shape index (κ3) is 1.16. The number of allylic oxidation sites excluding steroid dienone is 3. The average molecular weight is 236 g/mol. The van der Waals surface area contributed by atoms with E-state index in [-0.39, 0.29) is 0 Å². The minimum absolute atomic E-state index is 0.600. The molecule has 2 aromatic rings. The molecule has 0 amide bonds. The van der Waals surface area contributed by atoms with Crippen LogP contribution in [0.5, 0.6) is 0 Å². The van der Waals surface area contributed by atoms with E-state index in [0.29, 0.717) is 5.70 Å². The molecule has 1 aliphatic heterocycles. The molecule has 0 atom stereocenters. The largest absolute Gasteiger partial charge is 0.305 e. The van der Waals surface area contributed by atoms with Crippen LogP contribution in [0.4, 0.5) is 5.95 Å². The zero-order valence-corrected chi connectivity index (χ0v) is 10.3. The van der Waals surface area contributed by atoms with E-state index in [9.17, 15) is 5.26 Å². The molecule has 1 aromatic heterocycles. The van der Waals surface area contributed by atoms with Crippen molar-refractivity contribution in [2.24, 2.45) is 0 Å². The first kappa shape index (κ1) is 10.6. The summed E-state index contributed by atoms with van der Waals surface area (Å²) >= 11 is 0. The number of nitrogens with zero attached hydrogens (tertiary/aromatic N) is 4. The van der Waals surface area contributed by atoms with E-state index >= 15 is 0 Å². The van der Waals surface area contributed by atoms with Crippen LogP contribution in [-0.2, 0) is 0 Å². The van der Waals surface area contributed by atoms with E-state index in [1.165, 1.54) is 0 Å². The molecule has 0 bridgehead atoms. The van der Waals surface area contributed by atoms with Gasteiger partial charge >= 0.3 is 0 Å². The van der Waals surface area contributed by atoms with Crippen LogP contribution in [0, 0.1) is 11.3 Å². The van der Waals surface area contributed by atoms with Crippen molar-refractivity contribution >= 4 is 22.7 Å². The van der Waals surface area contributed by atoms with Crippen molar-refractivity contribution in [1.82, 2.24) is 9.55 Å². The molecule has 4 nitrogen and oxygen atoms in total. The van der Waals surface area contributed by atoms with Gasteiger partial charge in [-0.25, -0.2) is 4.98 Å². The summed E-state index contributed by atoms with van der Waals surface area (Å²) in [7, 11) is 1.85. The van der Waals surface area contributed by atoms with Gasteiger partial charge in [0, 0.05) is 18.3 Å². The molecule has 4 heteroatoms. The Hall–Kier alpha value is -2.54. The third-order valence-electron chi connectivity index (χ3n) is 3.34. The highest BCUT2D eigenvalue weighted by Gasteiger charge is 2.26. The van der Waals surface area contributed by atoms with Crippen LogP contribution in [-0.4, -0.2) is 16.6 Å². The minimum atomic E-state index is 0.600. The molecule has 0 spiro atoms. The number of aromatic nitrogens is 2. The number of fused-ring (bicyclic) bond motifs is 3. The van der Waals surface area contributed by atoms with Gasteiger partial charge in [0.05, 0.1) is 11.0 Å². The van der Waals surface area contributed by atoms with Crippen LogP contribution in [0.3, 0.4) is 0 Å². The van der Waals surface area contributed by atoms with Crippen LogP contribution in [0.25, 0.3) is 16.7 Å². The van der Waals surface area contributed by atoms with Crippen LogP contribution in [0.2, 0.25) is 0 Å². The van der Waals surface area contributed by atoms with E-state index in [2.05, 4.69) is 17.6 Å². The molecule has 88 valence electrons. The number of hydrogen-bond acceptors (Lipinski definition) is 3. The van der Waals surface area contributed by atoms with Crippen LogP contribution in [0.15, 0.2) is 42.1 Å². The lowest BCUT2D eigenvalue weighted by Crippen LogP contribution is -2.25. The van der Waals surface area contributed by atoms with Crippen molar-refractivity contribution < 1.29 is 0 Å². The summed E-state index contributed by atoms with van der Waals surface area (Å²) in [6, 6.07) is 10.1. The van der Waals surface area contributed by atoms with Crippen molar-refractivity contribution in [2.45, 2.75) is 6.92 Å². The number of para-hydroxylation sites is 2. The van der Waals surface area contributed by atoms with Gasteiger partial charge in [-0.3, -0.25) is 4.57 Å². The van der Waals surface area contributed by atoms with Gasteiger partial charge in [0.1, 0.15) is 11.8 Å². The summed E-state index contributed by atoms with van der Waals surface area (Å²) in [6.07, 6.45) is 0. The van der Waals surface area contributed by atoms with Crippen molar-refractivity contribution in [3.05, 3.63) is 42.1 Å². The molecule has 1 aromatic carbocycles. The second-order valence-corrected chi connectivity index (χ2v) is 4.33. The van der Waals surface area contributed by atoms with E-state index in [0.717, 1.165) is 28.3 Å². The predicted molar refractivity (Wildman–Crippen MR) is 71.8 cm³/mol. The molecule has 0 saturated heterocycles. The number of rotatable bonds is 0. The maximum atomic E-state index is 9.22. The fourth-order valence-corrected chi connectivity index (χ4v) is 2.32. The number of imidazole rings is 1. The molecule has 0 unspecified atom stereocenters. The molecule has 0 radical (unpaired) electrons. The highest BCUT2D eigenvalue weighted by atomic mass is 15.3. The standard InChI is InChI=1S/C14H12N4/c1-9-10(2)18-12-7-5-4-6-11(12)16-14(18)17(3)13(9)8-15/h4-7H,2H2,1,3H3. The van der Waals surface area contributed by atoms with Crippen molar-refractivity contribution in [3.63, 3.8) is 0 Å². The van der Waals surface area contributed by atoms with Crippen LogP contribution < -0.4 is 4.90 Å². The second kappa shape index (κ2) is 3.47. The molecule has 3 rings (SSSR count). The number of hydrogen-bond donors (Lipinski definition) is 0. The Morgan fingerprint density at radius 2 is 2.06 bits per heavy atom. The molecule has 0 saturated carbocycles. The Bertz CT molecular complexity index is 743. The van der Waals surface area contributed by atoms with E-state index in [4.69, 9.17) is 0 Å². The van der Waals surface area contributed by atoms with Crippen LogP contribution in [0.1, 0.15) is 6.92 Å². The molecule has 18 heavy (non-hydrogen) atoms. The Kier molecular flexibility index (Phi) is 2.05. The first-order valence-electron chi connectivity index (χ1n) is 5.67. The van der Waals surface area contributed by atoms with Gasteiger partial charge in [-0.15, -0.1) is 0 Å². The fourth-order valence-electron chi connectivity index (χ4n) is 2.32. The first-order chi connectivity index (χ1) is 8.65. The van der Waals surface area contributed by atoms with Gasteiger partial charge in [0.15, 0.2) is 0 Å². The molecule has 0 fully saturated rings. The maximum Gasteiger partial charge on any atom is 0.216 e. The molecule has 1 aliphatic rings. The zero-order chi connectivity index (χ0) is 12.9. The van der Waals surface area contributed by atoms with Gasteiger partial charge in [0.25, 0.3) is 0 Å². The van der Waals surface area contributed by atoms with Gasteiger partial charge in [-0.1, -0.05) is 18.7 Å². The summed E-state index contributed by atoms with van der Waals surface area (Å²) in [5.74, 6) is 0.739. The van der Waals surface area contributed by atoms with Gasteiger partial charge in [-0.05, 0) is 19.1 Å². The normalized spacial score (nSPS) is 14.9. The Labute approximate surface area is 105 Å². The summed E-state index contributed by atoms with van der Waals surface area (Å²) in [5, 5.41) is 9.22. The van der Waals surface area contributed by atoms with E-state index < -0.39 is 0 Å². The third-order valence-corrected chi connectivity index (χ3v) is 3.34. The summed E-state index contributed by atoms with van der Waals surface area (Å²) < 4.78 is 1.99. The lowest BCUT2D eigenvalue weighted by Gasteiger charge is -2.27. The molecular weight excluding hydrogens is 224 g/mol. The van der Waals surface area contributed by atoms with Crippen molar-refractivity contribution in [2.75, 3.05) is 11.9 Å². The fraction of sp³-hybridized carbons (Fsp3) is 0.143. The molecule has 0 aliphatic carbocycles. The average Bonchev–Trinajstić information content (AvgIpc) is 2.76. The second-order valence-electron chi connectivity index (χ2n) is 4.33. The molecule has 0 N–H and O–H groups in total. The maximum absolute atomic E-state index is 9.22. The Balaban J connectivity index is 2.39. The highest BCUT2D eigenvalue weighted by molar-refractivity contribution is 5.89. The smallest absolute Gasteiger partial charge is 0.216 e. The van der Waals surface area contributed by atoms with Crippen LogP contribution >= 0.6 is 0 Å². The quantitative estimate of drug-likeness (QED) is 0.706. The van der Waals surface area contributed by atoms with E-state index in [1.54, 1.807) is 0 Å².